The third-order valence-electron chi connectivity index (χ3n) is 3.94. The van der Waals surface area contributed by atoms with Gasteiger partial charge in [-0.3, -0.25) is 4.79 Å². The number of nitrogens with zero attached hydrogens (tertiary/aromatic N) is 3. The zero-order valence-electron chi connectivity index (χ0n) is 13.3. The van der Waals surface area contributed by atoms with E-state index in [9.17, 15) is 4.79 Å². The fourth-order valence-corrected chi connectivity index (χ4v) is 3.47. The number of nitrogens with one attached hydrogen (secondary N) is 1. The van der Waals surface area contributed by atoms with Crippen LogP contribution in [0.3, 0.4) is 0 Å². The van der Waals surface area contributed by atoms with Gasteiger partial charge in [-0.25, -0.2) is 4.98 Å². The molecule has 1 aromatic heterocycles. The van der Waals surface area contributed by atoms with Gasteiger partial charge < -0.3 is 15.1 Å². The van der Waals surface area contributed by atoms with E-state index in [4.69, 9.17) is 4.98 Å². The Labute approximate surface area is 134 Å². The van der Waals surface area contributed by atoms with Crippen LogP contribution in [0.5, 0.6) is 0 Å². The number of anilines is 2. The van der Waals surface area contributed by atoms with Crippen LogP contribution in [0.4, 0.5) is 10.8 Å². The van der Waals surface area contributed by atoms with E-state index < -0.39 is 0 Å². The average Bonchev–Trinajstić information content (AvgIpc) is 2.91. The van der Waals surface area contributed by atoms with Crippen molar-refractivity contribution < 1.29 is 4.79 Å². The van der Waals surface area contributed by atoms with Gasteiger partial charge in [0.25, 0.3) is 0 Å². The Balaban J connectivity index is 1.79. The van der Waals surface area contributed by atoms with Crippen molar-refractivity contribution in [3.63, 3.8) is 0 Å². The molecule has 1 N–H and O–H groups in total. The minimum Gasteiger partial charge on any atom is -0.345 e. The zero-order valence-corrected chi connectivity index (χ0v) is 14.1. The molecule has 1 aliphatic rings. The highest BCUT2D eigenvalue weighted by molar-refractivity contribution is 7.22. The van der Waals surface area contributed by atoms with Gasteiger partial charge in [0.05, 0.1) is 10.2 Å². The Morgan fingerprint density at radius 2 is 2.00 bits per heavy atom. The van der Waals surface area contributed by atoms with Crippen LogP contribution in [0.1, 0.15) is 13.8 Å². The summed E-state index contributed by atoms with van der Waals surface area (Å²) in [5, 5.41) is 4.03. The van der Waals surface area contributed by atoms with E-state index >= 15 is 0 Å². The maximum Gasteiger partial charge on any atom is 0.226 e. The topological polar surface area (TPSA) is 48.5 Å². The molecule has 5 nitrogen and oxygen atoms in total. The van der Waals surface area contributed by atoms with Crippen LogP contribution in [-0.4, -0.2) is 49.0 Å². The normalized spacial score (nSPS) is 16.5. The number of hydrogen-bond donors (Lipinski definition) is 1. The summed E-state index contributed by atoms with van der Waals surface area (Å²) in [7, 11) is 2.15. The molecular weight excluding hydrogens is 296 g/mol. The minimum atomic E-state index is -0.0157. The first-order chi connectivity index (χ1) is 10.5. The van der Waals surface area contributed by atoms with Crippen LogP contribution in [0.2, 0.25) is 0 Å². The second-order valence-electron chi connectivity index (χ2n) is 6.11. The lowest BCUT2D eigenvalue weighted by Crippen LogP contribution is -2.44. The number of hydrogen-bond acceptors (Lipinski definition) is 5. The van der Waals surface area contributed by atoms with Gasteiger partial charge in [0, 0.05) is 37.8 Å². The smallest absolute Gasteiger partial charge is 0.226 e. The number of fused-ring (bicyclic) bond motifs is 1. The van der Waals surface area contributed by atoms with Crippen LogP contribution >= 0.6 is 11.3 Å². The molecule has 0 aliphatic carbocycles. The van der Waals surface area contributed by atoms with E-state index in [1.807, 2.05) is 32.0 Å². The summed E-state index contributed by atoms with van der Waals surface area (Å²) in [5.74, 6) is 0.0289. The predicted octanol–water partition coefficient (Wildman–Crippen LogP) is 2.64. The lowest BCUT2D eigenvalue weighted by molar-refractivity contribution is -0.118. The van der Waals surface area contributed by atoms with Crippen molar-refractivity contribution in [1.29, 1.82) is 0 Å². The maximum absolute atomic E-state index is 11.8. The molecule has 0 atom stereocenters. The lowest BCUT2D eigenvalue weighted by Gasteiger charge is -2.31. The molecule has 6 heteroatoms. The molecule has 22 heavy (non-hydrogen) atoms. The molecule has 0 saturated carbocycles. The SMILES string of the molecule is CC(C)C(=O)Nc1ccc2nc(N3CCN(C)CC3)sc2c1. The molecule has 1 amide bonds. The Kier molecular flexibility index (Phi) is 4.31. The molecule has 0 spiro atoms. The number of carbonyl (C=O) groups is 1. The van der Waals surface area contributed by atoms with Crippen LogP contribution < -0.4 is 10.2 Å². The summed E-state index contributed by atoms with van der Waals surface area (Å²) < 4.78 is 1.12. The van der Waals surface area contributed by atoms with Gasteiger partial charge >= 0.3 is 0 Å². The number of aromatic nitrogens is 1. The van der Waals surface area contributed by atoms with Gasteiger partial charge in [-0.1, -0.05) is 25.2 Å². The zero-order chi connectivity index (χ0) is 15.7. The Morgan fingerprint density at radius 3 is 2.68 bits per heavy atom. The minimum absolute atomic E-state index is 0.0157. The number of carbonyl (C=O) groups excluding carboxylic acids is 1. The first-order valence-corrected chi connectivity index (χ1v) is 8.49. The first-order valence-electron chi connectivity index (χ1n) is 7.68. The second kappa shape index (κ2) is 6.22. The van der Waals surface area contributed by atoms with E-state index in [0.717, 1.165) is 47.2 Å². The number of piperazine rings is 1. The molecule has 2 aromatic rings. The molecule has 1 aromatic carbocycles. The molecule has 3 rings (SSSR count). The van der Waals surface area contributed by atoms with Crippen molar-refractivity contribution in [2.24, 2.45) is 5.92 Å². The Hall–Kier alpha value is -1.66. The highest BCUT2D eigenvalue weighted by Crippen LogP contribution is 2.31. The fraction of sp³-hybridized carbons (Fsp3) is 0.500. The number of thiazole rings is 1. The predicted molar refractivity (Wildman–Crippen MR) is 92.8 cm³/mol. The second-order valence-corrected chi connectivity index (χ2v) is 7.12. The molecule has 1 saturated heterocycles. The third-order valence-corrected chi connectivity index (χ3v) is 5.02. The van der Waals surface area contributed by atoms with E-state index in [-0.39, 0.29) is 11.8 Å². The molecular formula is C16H22N4OS. The van der Waals surface area contributed by atoms with E-state index in [1.165, 1.54) is 0 Å². The van der Waals surface area contributed by atoms with Gasteiger partial charge in [-0.2, -0.15) is 0 Å². The summed E-state index contributed by atoms with van der Waals surface area (Å²) in [4.78, 5) is 21.2. The largest absolute Gasteiger partial charge is 0.345 e. The number of rotatable bonds is 3. The van der Waals surface area contributed by atoms with Crippen molar-refractivity contribution in [3.05, 3.63) is 18.2 Å². The molecule has 118 valence electrons. The summed E-state index contributed by atoms with van der Waals surface area (Å²) in [6, 6.07) is 5.93. The van der Waals surface area contributed by atoms with Gasteiger partial charge in [0.1, 0.15) is 0 Å². The van der Waals surface area contributed by atoms with Crippen molar-refractivity contribution >= 4 is 38.3 Å². The van der Waals surface area contributed by atoms with E-state index in [2.05, 4.69) is 22.2 Å². The highest BCUT2D eigenvalue weighted by atomic mass is 32.1. The Morgan fingerprint density at radius 1 is 1.27 bits per heavy atom. The van der Waals surface area contributed by atoms with Crippen LogP contribution in [-0.2, 0) is 4.79 Å². The van der Waals surface area contributed by atoms with Gasteiger partial charge in [-0.05, 0) is 25.2 Å². The third kappa shape index (κ3) is 3.23. The number of likely N-dealkylation sites (N-methyl/N-ethyl adjacent to an activating group) is 1. The quantitative estimate of drug-likeness (QED) is 0.945. The maximum atomic E-state index is 11.8. The molecule has 1 fully saturated rings. The van der Waals surface area contributed by atoms with E-state index in [1.54, 1.807) is 11.3 Å². The van der Waals surface area contributed by atoms with E-state index in [0.29, 0.717) is 0 Å². The molecule has 0 unspecified atom stereocenters. The molecule has 0 bridgehead atoms. The van der Waals surface area contributed by atoms with Crippen LogP contribution in [0.15, 0.2) is 18.2 Å². The molecule has 0 radical (unpaired) electrons. The highest BCUT2D eigenvalue weighted by Gasteiger charge is 2.18. The standard InChI is InChI=1S/C16H22N4OS/c1-11(2)15(21)17-12-4-5-13-14(10-12)22-16(18-13)20-8-6-19(3)7-9-20/h4-5,10-11H,6-9H2,1-3H3,(H,17,21). The average molecular weight is 318 g/mol. The summed E-state index contributed by atoms with van der Waals surface area (Å²) in [6.07, 6.45) is 0. The van der Waals surface area contributed by atoms with Gasteiger partial charge in [-0.15, -0.1) is 0 Å². The monoisotopic (exact) mass is 318 g/mol. The van der Waals surface area contributed by atoms with Gasteiger partial charge in [0.2, 0.25) is 5.91 Å². The summed E-state index contributed by atoms with van der Waals surface area (Å²) in [5.41, 5.74) is 1.85. The fourth-order valence-electron chi connectivity index (χ4n) is 2.41. The molecule has 1 aliphatic heterocycles. The molecule has 2 heterocycles. The summed E-state index contributed by atoms with van der Waals surface area (Å²) in [6.45, 7) is 7.98. The number of amides is 1. The summed E-state index contributed by atoms with van der Waals surface area (Å²) >= 11 is 1.70. The van der Waals surface area contributed by atoms with Crippen molar-refractivity contribution in [2.45, 2.75) is 13.8 Å². The van der Waals surface area contributed by atoms with Crippen molar-refractivity contribution in [1.82, 2.24) is 9.88 Å². The van der Waals surface area contributed by atoms with Crippen LogP contribution in [0, 0.1) is 5.92 Å². The van der Waals surface area contributed by atoms with Crippen molar-refractivity contribution in [3.8, 4) is 0 Å². The number of benzene rings is 1. The van der Waals surface area contributed by atoms with Crippen molar-refractivity contribution in [2.75, 3.05) is 43.4 Å². The lowest BCUT2D eigenvalue weighted by atomic mass is 10.2. The Bertz CT molecular complexity index is 674. The van der Waals surface area contributed by atoms with Gasteiger partial charge in [0.15, 0.2) is 5.13 Å². The van der Waals surface area contributed by atoms with Crippen LogP contribution in [0.25, 0.3) is 10.2 Å². The first kappa shape index (κ1) is 15.2.